The molecule has 3 aromatic rings. The van der Waals surface area contributed by atoms with Gasteiger partial charge in [-0.05, 0) is 30.3 Å². The average molecular weight is 332 g/mol. The van der Waals surface area contributed by atoms with Crippen molar-refractivity contribution in [3.05, 3.63) is 52.8 Å². The first-order valence-corrected chi connectivity index (χ1v) is 6.67. The third kappa shape index (κ3) is 2.37. The van der Waals surface area contributed by atoms with E-state index in [1.54, 1.807) is 12.1 Å². The fourth-order valence-electron chi connectivity index (χ4n) is 1.85. The van der Waals surface area contributed by atoms with E-state index in [0.717, 1.165) is 15.5 Å². The molecule has 0 aliphatic carbocycles. The van der Waals surface area contributed by atoms with E-state index in [-0.39, 0.29) is 11.6 Å². The van der Waals surface area contributed by atoms with Crippen LogP contribution in [0.4, 0.5) is 5.69 Å². The molecule has 1 heterocycles. The number of rotatable bonds is 2. The van der Waals surface area contributed by atoms with Crippen molar-refractivity contribution in [2.45, 2.75) is 0 Å². The molecule has 3 rings (SSSR count). The number of carbonyl (C=O) groups excluding carboxylic acids is 1. The highest BCUT2D eigenvalue weighted by Gasteiger charge is 2.13. The second kappa shape index (κ2) is 4.97. The van der Waals surface area contributed by atoms with Crippen LogP contribution in [0.25, 0.3) is 11.0 Å². The Hall–Kier alpha value is -2.34. The Bertz CT molecular complexity index is 765. The van der Waals surface area contributed by atoms with E-state index in [1.165, 1.54) is 6.07 Å². The van der Waals surface area contributed by atoms with Crippen LogP contribution in [0.15, 0.2) is 46.9 Å². The van der Waals surface area contributed by atoms with Gasteiger partial charge in [-0.1, -0.05) is 28.1 Å². The minimum atomic E-state index is -0.408. The van der Waals surface area contributed by atoms with E-state index >= 15 is 0 Å². The number of hydrogen-bond donors (Lipinski definition) is 3. The summed E-state index contributed by atoms with van der Waals surface area (Å²) < 4.78 is 0.759. The Balaban J connectivity index is 1.90. The van der Waals surface area contributed by atoms with Crippen molar-refractivity contribution in [1.29, 1.82) is 0 Å². The summed E-state index contributed by atoms with van der Waals surface area (Å²) in [4.78, 5) is 19.2. The fourth-order valence-corrected chi connectivity index (χ4v) is 2.21. The Morgan fingerprint density at radius 1 is 1.25 bits per heavy atom. The highest BCUT2D eigenvalue weighted by atomic mass is 79.9. The van der Waals surface area contributed by atoms with E-state index in [1.807, 2.05) is 24.3 Å². The summed E-state index contributed by atoms with van der Waals surface area (Å²) in [6, 6.07) is 12.2. The number of aromatic amines is 1. The normalized spacial score (nSPS) is 10.7. The maximum atomic E-state index is 12.1. The van der Waals surface area contributed by atoms with Crippen molar-refractivity contribution in [2.24, 2.45) is 0 Å². The Kier molecular flexibility index (Phi) is 3.15. The summed E-state index contributed by atoms with van der Waals surface area (Å²) in [6.07, 6.45) is 0. The molecule has 0 unspecified atom stereocenters. The van der Waals surface area contributed by atoms with Crippen molar-refractivity contribution in [1.82, 2.24) is 9.97 Å². The highest BCUT2D eigenvalue weighted by Crippen LogP contribution is 2.27. The monoisotopic (exact) mass is 331 g/mol. The summed E-state index contributed by atoms with van der Waals surface area (Å²) >= 11 is 3.28. The van der Waals surface area contributed by atoms with Crippen molar-refractivity contribution in [3.63, 3.8) is 0 Å². The average Bonchev–Trinajstić information content (AvgIpc) is 2.87. The minimum Gasteiger partial charge on any atom is -0.506 e. The number of phenolic OH excluding ortho intramolecular Hbond substituents is 1. The quantitative estimate of drug-likeness (QED) is 0.630. The molecule has 0 saturated carbocycles. The number of imidazole rings is 1. The lowest BCUT2D eigenvalue weighted by Crippen LogP contribution is -2.13. The Morgan fingerprint density at radius 3 is 2.85 bits per heavy atom. The molecule has 0 aliphatic rings. The number of amides is 1. The molecular weight excluding hydrogens is 322 g/mol. The first-order chi connectivity index (χ1) is 9.63. The lowest BCUT2D eigenvalue weighted by Gasteiger charge is -2.05. The van der Waals surface area contributed by atoms with Gasteiger partial charge >= 0.3 is 0 Å². The molecule has 1 amide bonds. The number of carbonyl (C=O) groups is 1. The maximum absolute atomic E-state index is 12.1. The van der Waals surface area contributed by atoms with Crippen LogP contribution in [0.1, 0.15) is 10.6 Å². The number of aromatic nitrogens is 2. The molecule has 1 aromatic heterocycles. The van der Waals surface area contributed by atoms with Crippen LogP contribution in [-0.2, 0) is 0 Å². The number of phenols is 1. The first-order valence-electron chi connectivity index (χ1n) is 5.88. The van der Waals surface area contributed by atoms with Crippen molar-refractivity contribution >= 4 is 38.6 Å². The molecule has 2 aromatic carbocycles. The lowest BCUT2D eigenvalue weighted by atomic mass is 10.3. The van der Waals surface area contributed by atoms with Crippen LogP contribution in [0.5, 0.6) is 5.75 Å². The molecule has 0 aliphatic heterocycles. The molecule has 0 atom stereocenters. The SMILES string of the molecule is O=C(Nc1cc(Br)ccc1O)c1nc2ccccc2[nH]1. The number of anilines is 1. The molecule has 0 radical (unpaired) electrons. The zero-order valence-corrected chi connectivity index (χ0v) is 11.8. The van der Waals surface area contributed by atoms with Gasteiger partial charge in [0.15, 0.2) is 5.82 Å². The lowest BCUT2D eigenvalue weighted by molar-refractivity contribution is 0.101. The van der Waals surface area contributed by atoms with Crippen LogP contribution in [0.3, 0.4) is 0 Å². The smallest absolute Gasteiger partial charge is 0.291 e. The molecule has 0 saturated heterocycles. The van der Waals surface area contributed by atoms with Crippen LogP contribution < -0.4 is 5.32 Å². The third-order valence-corrected chi connectivity index (χ3v) is 3.30. The molecule has 0 spiro atoms. The number of para-hydroxylation sites is 2. The van der Waals surface area contributed by atoms with E-state index < -0.39 is 5.91 Å². The molecule has 5 nitrogen and oxygen atoms in total. The number of nitrogens with one attached hydrogen (secondary N) is 2. The van der Waals surface area contributed by atoms with Gasteiger partial charge in [0.25, 0.3) is 5.91 Å². The van der Waals surface area contributed by atoms with Gasteiger partial charge in [0.2, 0.25) is 0 Å². The number of benzene rings is 2. The molecule has 3 N–H and O–H groups in total. The zero-order chi connectivity index (χ0) is 14.1. The second-order valence-electron chi connectivity index (χ2n) is 4.22. The van der Waals surface area contributed by atoms with E-state index in [4.69, 9.17) is 0 Å². The van der Waals surface area contributed by atoms with Gasteiger partial charge in [0.05, 0.1) is 16.7 Å². The number of halogens is 1. The van der Waals surface area contributed by atoms with Crippen molar-refractivity contribution in [3.8, 4) is 5.75 Å². The number of H-pyrrole nitrogens is 1. The van der Waals surface area contributed by atoms with Crippen LogP contribution in [0.2, 0.25) is 0 Å². The molecular formula is C14H10BrN3O2. The zero-order valence-electron chi connectivity index (χ0n) is 10.2. The maximum Gasteiger partial charge on any atom is 0.291 e. The number of aromatic hydroxyl groups is 1. The summed E-state index contributed by atoms with van der Waals surface area (Å²) in [5.74, 6) is -0.210. The van der Waals surface area contributed by atoms with Crippen molar-refractivity contribution < 1.29 is 9.90 Å². The molecule has 6 heteroatoms. The van der Waals surface area contributed by atoms with E-state index in [2.05, 4.69) is 31.2 Å². The van der Waals surface area contributed by atoms with E-state index in [9.17, 15) is 9.90 Å². The minimum absolute atomic E-state index is 0.00217. The molecule has 20 heavy (non-hydrogen) atoms. The standard InChI is InChI=1S/C14H10BrN3O2/c15-8-5-6-12(19)11(7-8)18-14(20)13-16-9-3-1-2-4-10(9)17-13/h1-7,19H,(H,16,17)(H,18,20). The predicted octanol–water partition coefficient (Wildman–Crippen LogP) is 3.28. The molecule has 0 fully saturated rings. The number of nitrogens with zero attached hydrogens (tertiary/aromatic N) is 1. The van der Waals surface area contributed by atoms with Gasteiger partial charge in [-0.3, -0.25) is 4.79 Å². The van der Waals surface area contributed by atoms with Gasteiger partial charge < -0.3 is 15.4 Å². The summed E-state index contributed by atoms with van der Waals surface area (Å²) in [6.45, 7) is 0. The van der Waals surface area contributed by atoms with Gasteiger partial charge in [-0.2, -0.15) is 0 Å². The van der Waals surface area contributed by atoms with Gasteiger partial charge in [-0.15, -0.1) is 0 Å². The van der Waals surface area contributed by atoms with E-state index in [0.29, 0.717) is 5.69 Å². The second-order valence-corrected chi connectivity index (χ2v) is 5.13. The first kappa shape index (κ1) is 12.7. The number of hydrogen-bond acceptors (Lipinski definition) is 3. The topological polar surface area (TPSA) is 78.0 Å². The third-order valence-electron chi connectivity index (χ3n) is 2.81. The predicted molar refractivity (Wildman–Crippen MR) is 79.9 cm³/mol. The summed E-state index contributed by atoms with van der Waals surface area (Å²) in [5, 5.41) is 12.3. The molecule has 0 bridgehead atoms. The fraction of sp³-hybridized carbons (Fsp3) is 0. The van der Waals surface area contributed by atoms with Crippen LogP contribution in [-0.4, -0.2) is 21.0 Å². The van der Waals surface area contributed by atoms with Crippen LogP contribution >= 0.6 is 15.9 Å². The van der Waals surface area contributed by atoms with Gasteiger partial charge in [-0.25, -0.2) is 4.98 Å². The number of fused-ring (bicyclic) bond motifs is 1. The van der Waals surface area contributed by atoms with Crippen molar-refractivity contribution in [2.75, 3.05) is 5.32 Å². The Labute approximate surface area is 122 Å². The molecule has 100 valence electrons. The van der Waals surface area contributed by atoms with Gasteiger partial charge in [0, 0.05) is 4.47 Å². The Morgan fingerprint density at radius 2 is 2.05 bits per heavy atom. The van der Waals surface area contributed by atoms with Gasteiger partial charge in [0.1, 0.15) is 5.75 Å². The van der Waals surface area contributed by atoms with Crippen LogP contribution in [0, 0.1) is 0 Å². The highest BCUT2D eigenvalue weighted by molar-refractivity contribution is 9.10. The summed E-state index contributed by atoms with van der Waals surface area (Å²) in [5.41, 5.74) is 1.83. The largest absolute Gasteiger partial charge is 0.506 e. The summed E-state index contributed by atoms with van der Waals surface area (Å²) in [7, 11) is 0.